The lowest BCUT2D eigenvalue weighted by atomic mass is 10.1. The van der Waals surface area contributed by atoms with E-state index in [4.69, 9.17) is 16.3 Å². The van der Waals surface area contributed by atoms with Crippen LogP contribution in [0.2, 0.25) is 5.02 Å². The highest BCUT2D eigenvalue weighted by molar-refractivity contribution is 7.09. The summed E-state index contributed by atoms with van der Waals surface area (Å²) in [6.07, 6.45) is 0.663. The normalized spacial score (nSPS) is 10.5. The van der Waals surface area contributed by atoms with Crippen molar-refractivity contribution in [2.24, 2.45) is 0 Å². The number of benzene rings is 1. The first kappa shape index (κ1) is 14.0. The second kappa shape index (κ2) is 6.17. The van der Waals surface area contributed by atoms with Crippen LogP contribution >= 0.6 is 22.9 Å². The van der Waals surface area contributed by atoms with E-state index in [0.717, 1.165) is 16.3 Å². The van der Waals surface area contributed by atoms with Crippen LogP contribution in [0.4, 0.5) is 0 Å². The van der Waals surface area contributed by atoms with Crippen LogP contribution in [0.5, 0.6) is 5.75 Å². The highest BCUT2D eigenvalue weighted by Crippen LogP contribution is 2.23. The molecule has 19 heavy (non-hydrogen) atoms. The predicted molar refractivity (Wildman–Crippen MR) is 77.3 cm³/mol. The van der Waals surface area contributed by atoms with E-state index in [0.29, 0.717) is 23.6 Å². The fraction of sp³-hybridized carbons (Fsp3) is 0.286. The van der Waals surface area contributed by atoms with Crippen molar-refractivity contribution < 1.29 is 9.53 Å². The van der Waals surface area contributed by atoms with Crippen molar-refractivity contribution in [3.63, 3.8) is 0 Å². The molecule has 5 heteroatoms. The zero-order valence-electron chi connectivity index (χ0n) is 10.8. The summed E-state index contributed by atoms with van der Waals surface area (Å²) in [6, 6.07) is 5.29. The number of rotatable bonds is 5. The third-order valence-electron chi connectivity index (χ3n) is 2.65. The molecule has 0 N–H and O–H groups in total. The maximum Gasteiger partial charge on any atom is 0.144 e. The average molecular weight is 296 g/mol. The highest BCUT2D eigenvalue weighted by atomic mass is 35.5. The molecule has 0 saturated heterocycles. The Bertz CT molecular complexity index is 595. The SMILES string of the molecule is COc1ccc(Cl)cc1CC(=O)Cc1nc(C)cs1. The molecule has 100 valence electrons. The molecular weight excluding hydrogens is 282 g/mol. The quantitative estimate of drug-likeness (QED) is 0.848. The van der Waals surface area contributed by atoms with Gasteiger partial charge in [0.25, 0.3) is 0 Å². The number of carbonyl (C=O) groups excluding carboxylic acids is 1. The summed E-state index contributed by atoms with van der Waals surface area (Å²) in [5.74, 6) is 0.794. The number of aromatic nitrogens is 1. The van der Waals surface area contributed by atoms with Crippen molar-refractivity contribution in [3.8, 4) is 5.75 Å². The number of ether oxygens (including phenoxy) is 1. The van der Waals surface area contributed by atoms with Crippen LogP contribution in [0, 0.1) is 6.92 Å². The largest absolute Gasteiger partial charge is 0.496 e. The fourth-order valence-electron chi connectivity index (χ4n) is 1.81. The third kappa shape index (κ3) is 3.78. The number of halogens is 1. The van der Waals surface area contributed by atoms with Crippen LogP contribution in [0.25, 0.3) is 0 Å². The standard InChI is InChI=1S/C14H14ClNO2S/c1-9-8-19-14(16-9)7-12(17)6-10-5-11(15)3-4-13(10)18-2/h3-5,8H,6-7H2,1-2H3. The monoisotopic (exact) mass is 295 g/mol. The summed E-state index contributed by atoms with van der Waals surface area (Å²) >= 11 is 7.46. The number of carbonyl (C=O) groups is 1. The van der Waals surface area contributed by atoms with Gasteiger partial charge in [0.2, 0.25) is 0 Å². The van der Waals surface area contributed by atoms with Crippen LogP contribution in [0.3, 0.4) is 0 Å². The van der Waals surface area contributed by atoms with E-state index >= 15 is 0 Å². The van der Waals surface area contributed by atoms with Gasteiger partial charge in [0, 0.05) is 28.1 Å². The van der Waals surface area contributed by atoms with E-state index in [-0.39, 0.29) is 5.78 Å². The Morgan fingerprint density at radius 2 is 2.21 bits per heavy atom. The van der Waals surface area contributed by atoms with Crippen molar-refractivity contribution in [2.45, 2.75) is 19.8 Å². The van der Waals surface area contributed by atoms with Gasteiger partial charge in [-0.25, -0.2) is 4.98 Å². The van der Waals surface area contributed by atoms with E-state index < -0.39 is 0 Å². The van der Waals surface area contributed by atoms with Crippen LogP contribution < -0.4 is 4.74 Å². The van der Waals surface area contributed by atoms with Crippen molar-refractivity contribution >= 4 is 28.7 Å². The lowest BCUT2D eigenvalue weighted by molar-refractivity contribution is -0.117. The summed E-state index contributed by atoms with van der Waals surface area (Å²) in [5, 5.41) is 3.40. The first-order chi connectivity index (χ1) is 9.08. The molecule has 0 aliphatic heterocycles. The van der Waals surface area contributed by atoms with Crippen LogP contribution in [-0.2, 0) is 17.6 Å². The Morgan fingerprint density at radius 3 is 2.84 bits per heavy atom. The molecule has 0 radical (unpaired) electrons. The maximum absolute atomic E-state index is 12.0. The number of hydrogen-bond donors (Lipinski definition) is 0. The van der Waals surface area contributed by atoms with Crippen LogP contribution in [0.1, 0.15) is 16.3 Å². The number of methoxy groups -OCH3 is 1. The minimum atomic E-state index is 0.106. The predicted octanol–water partition coefficient (Wildman–Crippen LogP) is 3.47. The second-order valence-electron chi connectivity index (χ2n) is 4.23. The lowest BCUT2D eigenvalue weighted by Gasteiger charge is -2.07. The molecule has 1 aromatic carbocycles. The minimum Gasteiger partial charge on any atom is -0.496 e. The van der Waals surface area contributed by atoms with E-state index in [1.165, 1.54) is 11.3 Å². The molecule has 1 aromatic heterocycles. The zero-order chi connectivity index (χ0) is 13.8. The molecule has 3 nitrogen and oxygen atoms in total. The lowest BCUT2D eigenvalue weighted by Crippen LogP contribution is -2.07. The Labute approximate surface area is 121 Å². The van der Waals surface area contributed by atoms with Gasteiger partial charge in [-0.2, -0.15) is 0 Å². The molecule has 1 heterocycles. The molecule has 2 aromatic rings. The van der Waals surface area contributed by atoms with Gasteiger partial charge in [-0.3, -0.25) is 4.79 Å². The van der Waals surface area contributed by atoms with Gasteiger partial charge in [-0.05, 0) is 25.1 Å². The molecular formula is C14H14ClNO2S. The molecule has 2 rings (SSSR count). The number of aryl methyl sites for hydroxylation is 1. The Morgan fingerprint density at radius 1 is 1.42 bits per heavy atom. The Kier molecular flexibility index (Phi) is 4.56. The second-order valence-corrected chi connectivity index (χ2v) is 5.61. The van der Waals surface area contributed by atoms with E-state index in [1.807, 2.05) is 12.3 Å². The zero-order valence-corrected chi connectivity index (χ0v) is 12.3. The van der Waals surface area contributed by atoms with Crippen molar-refractivity contribution in [2.75, 3.05) is 7.11 Å². The smallest absolute Gasteiger partial charge is 0.144 e. The number of nitrogens with zero attached hydrogens (tertiary/aromatic N) is 1. The summed E-state index contributed by atoms with van der Waals surface area (Å²) in [6.45, 7) is 1.92. The van der Waals surface area contributed by atoms with E-state index in [1.54, 1.807) is 25.3 Å². The average Bonchev–Trinajstić information content (AvgIpc) is 2.75. The van der Waals surface area contributed by atoms with Gasteiger partial charge >= 0.3 is 0 Å². The summed E-state index contributed by atoms with van der Waals surface area (Å²) in [4.78, 5) is 16.3. The van der Waals surface area contributed by atoms with Gasteiger partial charge < -0.3 is 4.74 Å². The van der Waals surface area contributed by atoms with Gasteiger partial charge in [0.15, 0.2) is 0 Å². The fourth-order valence-corrected chi connectivity index (χ4v) is 2.81. The van der Waals surface area contributed by atoms with Crippen molar-refractivity contribution in [1.82, 2.24) is 4.98 Å². The Hall–Kier alpha value is -1.39. The molecule has 0 bridgehead atoms. The number of Topliss-reactive ketones (excluding diaryl/α,β-unsaturated/α-hetero) is 1. The molecule has 0 spiro atoms. The van der Waals surface area contributed by atoms with Gasteiger partial charge in [0.1, 0.15) is 16.5 Å². The number of hydrogen-bond acceptors (Lipinski definition) is 4. The maximum atomic E-state index is 12.0. The summed E-state index contributed by atoms with van der Waals surface area (Å²) in [7, 11) is 1.58. The summed E-state index contributed by atoms with van der Waals surface area (Å²) in [5.41, 5.74) is 1.77. The summed E-state index contributed by atoms with van der Waals surface area (Å²) < 4.78 is 5.23. The topological polar surface area (TPSA) is 39.2 Å². The highest BCUT2D eigenvalue weighted by Gasteiger charge is 2.12. The number of thiazole rings is 1. The van der Waals surface area contributed by atoms with E-state index in [2.05, 4.69) is 4.98 Å². The van der Waals surface area contributed by atoms with Gasteiger partial charge in [-0.15, -0.1) is 11.3 Å². The third-order valence-corrected chi connectivity index (χ3v) is 3.85. The molecule has 0 amide bonds. The van der Waals surface area contributed by atoms with E-state index in [9.17, 15) is 4.79 Å². The van der Waals surface area contributed by atoms with Crippen LogP contribution in [-0.4, -0.2) is 17.9 Å². The van der Waals surface area contributed by atoms with Gasteiger partial charge in [-0.1, -0.05) is 11.6 Å². The number of ketones is 1. The van der Waals surface area contributed by atoms with Gasteiger partial charge in [0.05, 0.1) is 13.5 Å². The van der Waals surface area contributed by atoms with Crippen LogP contribution in [0.15, 0.2) is 23.6 Å². The molecule has 0 unspecified atom stereocenters. The Balaban J connectivity index is 2.08. The molecule has 0 atom stereocenters. The minimum absolute atomic E-state index is 0.106. The first-order valence-electron chi connectivity index (χ1n) is 5.83. The van der Waals surface area contributed by atoms with Crippen molar-refractivity contribution in [3.05, 3.63) is 44.9 Å². The van der Waals surface area contributed by atoms with Crippen molar-refractivity contribution in [1.29, 1.82) is 0 Å². The molecule has 0 saturated carbocycles. The molecule has 0 aliphatic rings. The molecule has 0 fully saturated rings. The first-order valence-corrected chi connectivity index (χ1v) is 7.09. The molecule has 0 aliphatic carbocycles.